The first-order chi connectivity index (χ1) is 20.3. The number of aliphatic hydroxyl groups is 1. The van der Waals surface area contributed by atoms with Crippen LogP contribution in [0.2, 0.25) is 5.02 Å². The zero-order chi connectivity index (χ0) is 30.8. The van der Waals surface area contributed by atoms with Crippen molar-refractivity contribution in [3.63, 3.8) is 0 Å². The number of anilines is 3. The molecule has 1 saturated carbocycles. The highest BCUT2D eigenvalue weighted by Gasteiger charge is 2.45. The smallest absolute Gasteiger partial charge is 0.323 e. The number of aromatic nitrogens is 2. The maximum absolute atomic E-state index is 14.8. The molecule has 1 aromatic heterocycles. The number of hydrogen-bond acceptors (Lipinski definition) is 5. The molecule has 210 valence electrons. The summed E-state index contributed by atoms with van der Waals surface area (Å²) in [6, 6.07) is 10.1. The number of β-amino-alcohol motifs (C(OH)–C–C–N with tert-alkyl or cyclic N) is 1. The van der Waals surface area contributed by atoms with Gasteiger partial charge in [0.2, 0.25) is 0 Å². The molecule has 2 N–H and O–H groups in total. The van der Waals surface area contributed by atoms with Crippen LogP contribution in [0.5, 0.6) is 0 Å². The average Bonchev–Trinajstić information content (AvgIpc) is 3.30. The highest BCUT2D eigenvalue weighted by Crippen LogP contribution is 2.48. The standard InChI is InChI=1S/C29H32ClFN6O3/c1-16(2)37-24(11-26(33-37)32-29(40)36-14-20(38)15-36)17-7-8-23(25(10-17)35-12-18-9-19(18)13-35)34(3)28(39)27-21(30)5-4-6-22(27)31/h4-8,10-11,16,18-20,38H,9,12-15H2,1-3H3,(H,32,33,40)/i3D3. The van der Waals surface area contributed by atoms with Crippen molar-refractivity contribution in [3.8, 4) is 11.3 Å². The molecule has 3 aliphatic rings. The fraction of sp³-hybridized carbons (Fsp3) is 0.414. The molecular weight excluding hydrogens is 535 g/mol. The lowest BCUT2D eigenvalue weighted by atomic mass is 10.1. The highest BCUT2D eigenvalue weighted by molar-refractivity contribution is 6.34. The number of carbonyl (C=O) groups excluding carboxylic acids is 2. The van der Waals surface area contributed by atoms with Crippen molar-refractivity contribution in [2.75, 3.05) is 48.3 Å². The number of piperidine rings is 1. The van der Waals surface area contributed by atoms with Gasteiger partial charge in [-0.05, 0) is 56.4 Å². The van der Waals surface area contributed by atoms with E-state index >= 15 is 0 Å². The summed E-state index contributed by atoms with van der Waals surface area (Å²) < 4.78 is 41.5. The molecular formula is C29H32ClFN6O3. The Balaban J connectivity index is 1.42. The highest BCUT2D eigenvalue weighted by atomic mass is 35.5. The van der Waals surface area contributed by atoms with Gasteiger partial charge >= 0.3 is 6.03 Å². The number of hydrogen-bond donors (Lipinski definition) is 2. The van der Waals surface area contributed by atoms with E-state index in [-0.39, 0.29) is 35.9 Å². The minimum absolute atomic E-state index is 0.0855. The van der Waals surface area contributed by atoms with Crippen molar-refractivity contribution >= 4 is 40.7 Å². The fourth-order valence-corrected chi connectivity index (χ4v) is 5.76. The third kappa shape index (κ3) is 4.79. The van der Waals surface area contributed by atoms with E-state index in [0.717, 1.165) is 12.5 Å². The second-order valence-corrected chi connectivity index (χ2v) is 11.5. The van der Waals surface area contributed by atoms with Gasteiger partial charge in [-0.25, -0.2) is 9.18 Å². The summed E-state index contributed by atoms with van der Waals surface area (Å²) >= 11 is 6.19. The fourth-order valence-electron chi connectivity index (χ4n) is 5.52. The molecule has 0 bridgehead atoms. The number of nitrogens with one attached hydrogen (secondary N) is 1. The molecule has 11 heteroatoms. The molecule has 0 spiro atoms. The van der Waals surface area contributed by atoms with Crippen LogP contribution in [-0.2, 0) is 0 Å². The van der Waals surface area contributed by atoms with Crippen LogP contribution in [0.3, 0.4) is 0 Å². The summed E-state index contributed by atoms with van der Waals surface area (Å²) in [5, 5.41) is 16.7. The van der Waals surface area contributed by atoms with E-state index in [4.69, 9.17) is 15.7 Å². The molecule has 3 heterocycles. The number of aliphatic hydroxyl groups excluding tert-OH is 1. The van der Waals surface area contributed by atoms with Gasteiger partial charge < -0.3 is 19.8 Å². The summed E-state index contributed by atoms with van der Waals surface area (Å²) in [6.45, 7) is 2.87. The van der Waals surface area contributed by atoms with Gasteiger partial charge in [0, 0.05) is 41.8 Å². The van der Waals surface area contributed by atoms with Crippen LogP contribution in [0.15, 0.2) is 42.5 Å². The zero-order valence-electron chi connectivity index (χ0n) is 25.1. The van der Waals surface area contributed by atoms with Gasteiger partial charge in [-0.15, -0.1) is 0 Å². The van der Waals surface area contributed by atoms with E-state index in [1.807, 2.05) is 19.9 Å². The number of fused-ring (bicyclic) bond motifs is 1. The van der Waals surface area contributed by atoms with E-state index in [1.54, 1.807) is 22.9 Å². The Morgan fingerprint density at radius 2 is 1.93 bits per heavy atom. The molecule has 0 radical (unpaired) electrons. The molecule has 9 nitrogen and oxygen atoms in total. The second-order valence-electron chi connectivity index (χ2n) is 11.0. The molecule has 1 aliphatic carbocycles. The average molecular weight is 570 g/mol. The molecule has 3 fully saturated rings. The molecule has 2 aliphatic heterocycles. The lowest BCUT2D eigenvalue weighted by molar-refractivity contribution is 0.0308. The normalized spacial score (nSPS) is 21.4. The van der Waals surface area contributed by atoms with E-state index in [2.05, 4.69) is 15.3 Å². The van der Waals surface area contributed by atoms with Crippen LogP contribution in [0.1, 0.15) is 40.8 Å². The number of nitrogens with zero attached hydrogens (tertiary/aromatic N) is 5. The van der Waals surface area contributed by atoms with Crippen molar-refractivity contribution in [2.24, 2.45) is 11.8 Å². The minimum Gasteiger partial charge on any atom is -0.389 e. The van der Waals surface area contributed by atoms with Crippen molar-refractivity contribution in [2.45, 2.75) is 32.4 Å². The lowest BCUT2D eigenvalue weighted by Crippen LogP contribution is -2.54. The molecule has 40 heavy (non-hydrogen) atoms. The summed E-state index contributed by atoms with van der Waals surface area (Å²) in [4.78, 5) is 30.5. The molecule has 2 unspecified atom stereocenters. The number of halogens is 2. The third-order valence-electron chi connectivity index (χ3n) is 7.82. The van der Waals surface area contributed by atoms with Crippen LogP contribution in [-0.4, -0.2) is 71.0 Å². The predicted octanol–water partition coefficient (Wildman–Crippen LogP) is 4.86. The van der Waals surface area contributed by atoms with E-state index in [9.17, 15) is 19.1 Å². The first kappa shape index (κ1) is 23.1. The topological polar surface area (TPSA) is 93.9 Å². The second kappa shape index (κ2) is 10.1. The van der Waals surface area contributed by atoms with Crippen LogP contribution >= 0.6 is 11.6 Å². The van der Waals surface area contributed by atoms with Gasteiger partial charge in [0.15, 0.2) is 5.82 Å². The van der Waals surface area contributed by atoms with Crippen molar-refractivity contribution in [1.29, 1.82) is 0 Å². The SMILES string of the molecule is [2H]C([2H])([2H])N(C(=O)c1c(F)cccc1Cl)c1ccc(-c2cc(NC(=O)N3CC(O)C3)nn2C(C)C)cc1N1CC2CC2C1. The third-order valence-corrected chi connectivity index (χ3v) is 8.14. The van der Waals surface area contributed by atoms with Gasteiger partial charge in [0.1, 0.15) is 5.82 Å². The van der Waals surface area contributed by atoms with Crippen LogP contribution < -0.4 is 15.1 Å². The first-order valence-electron chi connectivity index (χ1n) is 14.8. The summed E-state index contributed by atoms with van der Waals surface area (Å²) in [6.07, 6.45) is 0.578. The molecule has 3 aromatic rings. The number of carbonyl (C=O) groups is 2. The van der Waals surface area contributed by atoms with Gasteiger partial charge in [-0.2, -0.15) is 5.10 Å². The van der Waals surface area contributed by atoms with Gasteiger partial charge in [0.05, 0.1) is 46.8 Å². The Labute approximate surface area is 241 Å². The zero-order valence-corrected chi connectivity index (χ0v) is 22.9. The van der Waals surface area contributed by atoms with Crippen molar-refractivity contribution in [1.82, 2.24) is 14.7 Å². The largest absolute Gasteiger partial charge is 0.389 e. The van der Waals surface area contributed by atoms with Crippen LogP contribution in [0.25, 0.3) is 11.3 Å². The Bertz CT molecular complexity index is 1560. The molecule has 2 saturated heterocycles. The first-order valence-corrected chi connectivity index (χ1v) is 13.7. The summed E-state index contributed by atoms with van der Waals surface area (Å²) in [5.74, 6) is -0.642. The Morgan fingerprint density at radius 1 is 1.18 bits per heavy atom. The number of likely N-dealkylation sites (tertiary alicyclic amines) is 1. The number of rotatable bonds is 6. The summed E-state index contributed by atoms with van der Waals surface area (Å²) in [5.41, 5.74) is 1.51. The molecule has 2 atom stereocenters. The van der Waals surface area contributed by atoms with Crippen LogP contribution in [0, 0.1) is 17.7 Å². The quantitative estimate of drug-likeness (QED) is 0.442. The summed E-state index contributed by atoms with van der Waals surface area (Å²) in [7, 11) is 0. The van der Waals surface area contributed by atoms with Gasteiger partial charge in [0.25, 0.3) is 5.91 Å². The van der Waals surface area contributed by atoms with Gasteiger partial charge in [-0.3, -0.25) is 14.8 Å². The van der Waals surface area contributed by atoms with E-state index in [0.29, 0.717) is 52.6 Å². The monoisotopic (exact) mass is 569 g/mol. The van der Waals surface area contributed by atoms with E-state index in [1.165, 1.54) is 17.0 Å². The molecule has 2 aromatic carbocycles. The van der Waals surface area contributed by atoms with Crippen molar-refractivity contribution < 1.29 is 23.2 Å². The minimum atomic E-state index is -2.94. The molecule has 6 rings (SSSR count). The van der Waals surface area contributed by atoms with E-state index < -0.39 is 30.4 Å². The Hall–Kier alpha value is -3.63. The maximum atomic E-state index is 14.8. The lowest BCUT2D eigenvalue weighted by Gasteiger charge is -2.35. The van der Waals surface area contributed by atoms with Crippen molar-refractivity contribution in [3.05, 3.63) is 58.9 Å². The Kier molecular flexibility index (Phi) is 5.83. The molecule has 3 amide bonds. The van der Waals surface area contributed by atoms with Crippen LogP contribution in [0.4, 0.5) is 26.4 Å². The Morgan fingerprint density at radius 3 is 2.58 bits per heavy atom. The number of urea groups is 1. The predicted molar refractivity (Wildman–Crippen MR) is 153 cm³/mol. The van der Waals surface area contributed by atoms with Gasteiger partial charge in [-0.1, -0.05) is 23.7 Å². The maximum Gasteiger partial charge on any atom is 0.323 e. The number of benzene rings is 2. The number of amides is 3.